The van der Waals surface area contributed by atoms with Crippen molar-refractivity contribution >= 4 is 17.8 Å². The summed E-state index contributed by atoms with van der Waals surface area (Å²) in [5, 5.41) is 26.4. The molecule has 1 atom stereocenters. The number of aromatic amines is 1. The Morgan fingerprint density at radius 1 is 1.33 bits per heavy atom. The number of hydrogen-bond donors (Lipinski definition) is 5. The molecule has 0 fully saturated rings. The normalized spacial score (nSPS) is 11.8. The highest BCUT2D eigenvalue weighted by atomic mass is 16.4. The number of aromatic nitrogens is 3. The summed E-state index contributed by atoms with van der Waals surface area (Å²) in [5.74, 6) is -2.10. The molecule has 9 nitrogen and oxygen atoms in total. The van der Waals surface area contributed by atoms with Crippen molar-refractivity contribution in [3.63, 3.8) is 0 Å². The van der Waals surface area contributed by atoms with Crippen LogP contribution in [0.1, 0.15) is 16.2 Å². The van der Waals surface area contributed by atoms with E-state index in [9.17, 15) is 14.7 Å². The number of phenols is 1. The lowest BCUT2D eigenvalue weighted by Crippen LogP contribution is -2.42. The van der Waals surface area contributed by atoms with E-state index in [0.29, 0.717) is 5.56 Å². The molecule has 1 unspecified atom stereocenters. The molecule has 1 amide bonds. The Morgan fingerprint density at radius 2 is 2.00 bits per heavy atom. The molecule has 1 aromatic carbocycles. The number of hydrogen-bond acceptors (Lipinski definition) is 6. The summed E-state index contributed by atoms with van der Waals surface area (Å²) in [6, 6.07) is 4.88. The predicted molar refractivity (Wildman–Crippen MR) is 71.5 cm³/mol. The Balaban J connectivity index is 2.07. The van der Waals surface area contributed by atoms with Crippen molar-refractivity contribution in [2.45, 2.75) is 12.5 Å². The number of carboxylic acids is 1. The first-order valence-electron chi connectivity index (χ1n) is 5.95. The largest absolute Gasteiger partial charge is 0.508 e. The molecule has 0 bridgehead atoms. The van der Waals surface area contributed by atoms with E-state index in [1.807, 2.05) is 0 Å². The second-order valence-corrected chi connectivity index (χ2v) is 4.28. The highest BCUT2D eigenvalue weighted by Crippen LogP contribution is 2.11. The van der Waals surface area contributed by atoms with Gasteiger partial charge in [-0.15, -0.1) is 5.10 Å². The van der Waals surface area contributed by atoms with Gasteiger partial charge in [-0.1, -0.05) is 12.1 Å². The smallest absolute Gasteiger partial charge is 0.326 e. The third-order valence-electron chi connectivity index (χ3n) is 2.70. The number of nitrogen functional groups attached to an aromatic ring is 1. The summed E-state index contributed by atoms with van der Waals surface area (Å²) in [5.41, 5.74) is 5.92. The van der Waals surface area contributed by atoms with Gasteiger partial charge in [0.15, 0.2) is 0 Å². The number of amides is 1. The Labute approximate surface area is 118 Å². The van der Waals surface area contributed by atoms with Gasteiger partial charge in [0.2, 0.25) is 11.8 Å². The van der Waals surface area contributed by atoms with Crippen LogP contribution in [-0.2, 0) is 11.2 Å². The van der Waals surface area contributed by atoms with Crippen LogP contribution in [0.15, 0.2) is 24.3 Å². The minimum Gasteiger partial charge on any atom is -0.508 e. The molecular formula is C12H13N5O4. The lowest BCUT2D eigenvalue weighted by Gasteiger charge is -2.13. The fourth-order valence-corrected chi connectivity index (χ4v) is 1.67. The number of carbonyl (C=O) groups excluding carboxylic acids is 1. The van der Waals surface area contributed by atoms with Gasteiger partial charge in [-0.25, -0.2) is 4.79 Å². The number of carbonyl (C=O) groups is 2. The number of rotatable bonds is 5. The fraction of sp³-hybridized carbons (Fsp3) is 0.167. The average Bonchev–Trinajstić information content (AvgIpc) is 2.87. The van der Waals surface area contributed by atoms with Gasteiger partial charge in [-0.3, -0.25) is 9.89 Å². The minimum absolute atomic E-state index is 0.0605. The van der Waals surface area contributed by atoms with E-state index in [0.717, 1.165) is 0 Å². The van der Waals surface area contributed by atoms with E-state index in [-0.39, 0.29) is 23.9 Å². The number of carboxylic acid groups (broad SMARTS) is 1. The third kappa shape index (κ3) is 3.69. The zero-order valence-corrected chi connectivity index (χ0v) is 10.8. The first kappa shape index (κ1) is 14.3. The number of anilines is 1. The number of nitrogens with zero attached hydrogens (tertiary/aromatic N) is 2. The van der Waals surface area contributed by atoms with E-state index in [1.165, 1.54) is 12.1 Å². The van der Waals surface area contributed by atoms with Crippen LogP contribution in [0.5, 0.6) is 5.75 Å². The SMILES string of the molecule is Nc1n[nH]c(C(=O)NC(Cc2ccc(O)cc2)C(=O)O)n1. The monoisotopic (exact) mass is 291 g/mol. The molecule has 2 rings (SSSR count). The number of nitrogens with one attached hydrogen (secondary N) is 2. The Morgan fingerprint density at radius 3 is 2.52 bits per heavy atom. The minimum atomic E-state index is -1.19. The highest BCUT2D eigenvalue weighted by molar-refractivity contribution is 5.93. The van der Waals surface area contributed by atoms with Crippen molar-refractivity contribution in [3.05, 3.63) is 35.7 Å². The van der Waals surface area contributed by atoms with Crippen LogP contribution in [0, 0.1) is 0 Å². The number of nitrogens with two attached hydrogens (primary N) is 1. The molecule has 0 radical (unpaired) electrons. The summed E-state index contributed by atoms with van der Waals surface area (Å²) in [4.78, 5) is 26.6. The molecule has 0 saturated heterocycles. The average molecular weight is 291 g/mol. The van der Waals surface area contributed by atoms with Gasteiger partial charge < -0.3 is 21.3 Å². The summed E-state index contributed by atoms with van der Waals surface area (Å²) in [7, 11) is 0. The van der Waals surface area contributed by atoms with E-state index in [4.69, 9.17) is 10.8 Å². The maximum absolute atomic E-state index is 11.8. The van der Waals surface area contributed by atoms with Crippen molar-refractivity contribution in [2.75, 3.05) is 5.73 Å². The molecule has 9 heteroatoms. The number of benzene rings is 1. The van der Waals surface area contributed by atoms with Crippen LogP contribution in [-0.4, -0.2) is 43.3 Å². The third-order valence-corrected chi connectivity index (χ3v) is 2.70. The molecule has 1 aromatic heterocycles. The van der Waals surface area contributed by atoms with Crippen LogP contribution >= 0.6 is 0 Å². The van der Waals surface area contributed by atoms with Gasteiger partial charge in [0.05, 0.1) is 0 Å². The zero-order chi connectivity index (χ0) is 15.4. The molecule has 21 heavy (non-hydrogen) atoms. The molecule has 6 N–H and O–H groups in total. The van der Waals surface area contributed by atoms with Crippen LogP contribution in [0.2, 0.25) is 0 Å². The Bertz CT molecular complexity index is 652. The molecule has 0 saturated carbocycles. The summed E-state index contributed by atoms with van der Waals surface area (Å²) in [6.07, 6.45) is 0.0605. The fourth-order valence-electron chi connectivity index (χ4n) is 1.67. The van der Waals surface area contributed by atoms with Gasteiger partial charge in [0, 0.05) is 6.42 Å². The van der Waals surface area contributed by atoms with E-state index < -0.39 is 17.9 Å². The number of aliphatic carboxylic acids is 1. The van der Waals surface area contributed by atoms with Crippen LogP contribution < -0.4 is 11.1 Å². The molecule has 2 aromatic rings. The number of H-pyrrole nitrogens is 1. The van der Waals surface area contributed by atoms with Gasteiger partial charge in [-0.2, -0.15) is 4.98 Å². The quantitative estimate of drug-likeness (QED) is 0.498. The Hall–Kier alpha value is -3.10. The Kier molecular flexibility index (Phi) is 4.02. The lowest BCUT2D eigenvalue weighted by molar-refractivity contribution is -0.139. The van der Waals surface area contributed by atoms with Crippen molar-refractivity contribution < 1.29 is 19.8 Å². The molecular weight excluding hydrogens is 278 g/mol. The molecule has 1 heterocycles. The van der Waals surface area contributed by atoms with Crippen LogP contribution in [0.25, 0.3) is 0 Å². The lowest BCUT2D eigenvalue weighted by atomic mass is 10.1. The van der Waals surface area contributed by atoms with Crippen molar-refractivity contribution in [1.82, 2.24) is 20.5 Å². The number of phenolic OH excluding ortho intramolecular Hbond substituents is 1. The van der Waals surface area contributed by atoms with Gasteiger partial charge in [-0.05, 0) is 17.7 Å². The van der Waals surface area contributed by atoms with E-state index >= 15 is 0 Å². The van der Waals surface area contributed by atoms with Gasteiger partial charge >= 0.3 is 5.97 Å². The summed E-state index contributed by atoms with van der Waals surface area (Å²) in [6.45, 7) is 0. The predicted octanol–water partition coefficient (Wildman–Crippen LogP) is -0.482. The second-order valence-electron chi connectivity index (χ2n) is 4.28. The van der Waals surface area contributed by atoms with Crippen LogP contribution in [0.4, 0.5) is 5.95 Å². The van der Waals surface area contributed by atoms with Crippen LogP contribution in [0.3, 0.4) is 0 Å². The maximum atomic E-state index is 11.8. The molecule has 110 valence electrons. The van der Waals surface area contributed by atoms with Crippen molar-refractivity contribution in [2.24, 2.45) is 0 Å². The topological polar surface area (TPSA) is 154 Å². The first-order valence-corrected chi connectivity index (χ1v) is 5.95. The molecule has 0 aliphatic rings. The van der Waals surface area contributed by atoms with E-state index in [1.54, 1.807) is 12.1 Å². The molecule has 0 spiro atoms. The number of aromatic hydroxyl groups is 1. The molecule has 0 aliphatic heterocycles. The zero-order valence-electron chi connectivity index (χ0n) is 10.8. The maximum Gasteiger partial charge on any atom is 0.326 e. The van der Waals surface area contributed by atoms with Crippen molar-refractivity contribution in [1.29, 1.82) is 0 Å². The first-order chi connectivity index (χ1) is 9.95. The standard InChI is InChI=1S/C12H13N5O4/c13-12-15-9(16-17-12)10(19)14-8(11(20)21)5-6-1-3-7(18)4-2-6/h1-4,8,18H,5H2,(H,14,19)(H,20,21)(H3,13,15,16,17). The van der Waals surface area contributed by atoms with Gasteiger partial charge in [0.25, 0.3) is 5.91 Å². The highest BCUT2D eigenvalue weighted by Gasteiger charge is 2.22. The summed E-state index contributed by atoms with van der Waals surface area (Å²) >= 11 is 0. The second kappa shape index (κ2) is 5.90. The van der Waals surface area contributed by atoms with Crippen molar-refractivity contribution in [3.8, 4) is 5.75 Å². The summed E-state index contributed by atoms with van der Waals surface area (Å²) < 4.78 is 0. The van der Waals surface area contributed by atoms with E-state index in [2.05, 4.69) is 20.5 Å². The van der Waals surface area contributed by atoms with Gasteiger partial charge in [0.1, 0.15) is 11.8 Å². The molecule has 0 aliphatic carbocycles.